The zero-order valence-electron chi connectivity index (χ0n) is 14.8. The molecule has 0 radical (unpaired) electrons. The second-order valence-electron chi connectivity index (χ2n) is 5.67. The Morgan fingerprint density at radius 3 is 2.44 bits per heavy atom. The Bertz CT molecular complexity index is 822. The molecule has 0 saturated carbocycles. The summed E-state index contributed by atoms with van der Waals surface area (Å²) in [6.07, 6.45) is -4.59. The van der Waals surface area contributed by atoms with Crippen molar-refractivity contribution in [3.05, 3.63) is 59.7 Å². The van der Waals surface area contributed by atoms with Crippen LogP contribution in [0.5, 0.6) is 5.75 Å². The number of amides is 2. The molecule has 0 spiro atoms. The number of benzene rings is 2. The van der Waals surface area contributed by atoms with E-state index in [0.29, 0.717) is 11.3 Å². The van der Waals surface area contributed by atoms with E-state index >= 15 is 0 Å². The van der Waals surface area contributed by atoms with Gasteiger partial charge in [0, 0.05) is 25.6 Å². The summed E-state index contributed by atoms with van der Waals surface area (Å²) in [5.41, 5.74) is -0.799. The molecule has 0 heterocycles. The van der Waals surface area contributed by atoms with E-state index in [-0.39, 0.29) is 18.8 Å². The van der Waals surface area contributed by atoms with Crippen molar-refractivity contribution >= 4 is 17.5 Å². The SMILES string of the molecule is COc1cccc(C(=O)NCCN(C(C)=O)c2ccccc2C(F)(F)F)c1. The first-order chi connectivity index (χ1) is 12.7. The standard InChI is InChI=1S/C19H19F3N2O3/c1-13(25)24(17-9-4-3-8-16(17)19(20,21)22)11-10-23-18(26)14-6-5-7-15(12-14)27-2/h3-9,12H,10-11H2,1-2H3,(H,23,26). The average Bonchev–Trinajstić information content (AvgIpc) is 2.64. The van der Waals surface area contributed by atoms with Gasteiger partial charge in [0.15, 0.2) is 0 Å². The van der Waals surface area contributed by atoms with Crippen LogP contribution >= 0.6 is 0 Å². The summed E-state index contributed by atoms with van der Waals surface area (Å²) < 4.78 is 44.6. The highest BCUT2D eigenvalue weighted by atomic mass is 19.4. The molecule has 1 N–H and O–H groups in total. The summed E-state index contributed by atoms with van der Waals surface area (Å²) in [6.45, 7) is 1.07. The maximum Gasteiger partial charge on any atom is 0.418 e. The summed E-state index contributed by atoms with van der Waals surface area (Å²) in [7, 11) is 1.47. The van der Waals surface area contributed by atoms with Gasteiger partial charge in [-0.05, 0) is 30.3 Å². The van der Waals surface area contributed by atoms with E-state index in [1.54, 1.807) is 18.2 Å². The maximum absolute atomic E-state index is 13.2. The number of hydrogen-bond donors (Lipinski definition) is 1. The van der Waals surface area contributed by atoms with Crippen molar-refractivity contribution in [1.82, 2.24) is 5.32 Å². The Labute approximate surface area is 154 Å². The van der Waals surface area contributed by atoms with E-state index in [1.165, 1.54) is 38.3 Å². The highest BCUT2D eigenvalue weighted by Crippen LogP contribution is 2.36. The minimum Gasteiger partial charge on any atom is -0.497 e. The minimum atomic E-state index is -4.59. The molecule has 0 bridgehead atoms. The van der Waals surface area contributed by atoms with Crippen LogP contribution < -0.4 is 15.0 Å². The van der Waals surface area contributed by atoms with Gasteiger partial charge < -0.3 is 15.0 Å². The molecule has 0 aliphatic heterocycles. The van der Waals surface area contributed by atoms with Gasteiger partial charge in [-0.25, -0.2) is 0 Å². The van der Waals surface area contributed by atoms with Crippen LogP contribution in [-0.2, 0) is 11.0 Å². The molecule has 0 aromatic heterocycles. The number of carbonyl (C=O) groups is 2. The molecule has 0 unspecified atom stereocenters. The van der Waals surface area contributed by atoms with Crippen LogP contribution in [0, 0.1) is 0 Å². The predicted molar refractivity (Wildman–Crippen MR) is 94.8 cm³/mol. The summed E-state index contributed by atoms with van der Waals surface area (Å²) in [4.78, 5) is 25.1. The third kappa shape index (κ3) is 5.22. The van der Waals surface area contributed by atoms with Gasteiger partial charge in [-0.3, -0.25) is 9.59 Å². The minimum absolute atomic E-state index is 0.0121. The lowest BCUT2D eigenvalue weighted by Gasteiger charge is -2.25. The Morgan fingerprint density at radius 2 is 1.81 bits per heavy atom. The van der Waals surface area contributed by atoms with Gasteiger partial charge in [-0.2, -0.15) is 13.2 Å². The van der Waals surface area contributed by atoms with Crippen LogP contribution in [0.4, 0.5) is 18.9 Å². The highest BCUT2D eigenvalue weighted by Gasteiger charge is 2.35. The van der Waals surface area contributed by atoms with E-state index in [1.807, 2.05) is 0 Å². The van der Waals surface area contributed by atoms with Gasteiger partial charge in [-0.15, -0.1) is 0 Å². The average molecular weight is 380 g/mol. The maximum atomic E-state index is 13.2. The molecular formula is C19H19F3N2O3. The molecule has 2 rings (SSSR count). The van der Waals surface area contributed by atoms with Crippen LogP contribution in [0.25, 0.3) is 0 Å². The number of nitrogens with zero attached hydrogens (tertiary/aromatic N) is 1. The van der Waals surface area contributed by atoms with Gasteiger partial charge >= 0.3 is 6.18 Å². The fourth-order valence-corrected chi connectivity index (χ4v) is 2.54. The van der Waals surface area contributed by atoms with Crippen molar-refractivity contribution in [3.63, 3.8) is 0 Å². The third-order valence-corrected chi connectivity index (χ3v) is 3.83. The Morgan fingerprint density at radius 1 is 1.11 bits per heavy atom. The number of methoxy groups -OCH3 is 1. The number of anilines is 1. The fourth-order valence-electron chi connectivity index (χ4n) is 2.54. The Kier molecular flexibility index (Phi) is 6.44. The molecular weight excluding hydrogens is 361 g/mol. The Hall–Kier alpha value is -3.03. The largest absolute Gasteiger partial charge is 0.497 e. The van der Waals surface area contributed by atoms with Gasteiger partial charge in [0.2, 0.25) is 5.91 Å². The van der Waals surface area contributed by atoms with Crippen LogP contribution in [0.3, 0.4) is 0 Å². The zero-order chi connectivity index (χ0) is 20.0. The quantitative estimate of drug-likeness (QED) is 0.835. The predicted octanol–water partition coefficient (Wildman–Crippen LogP) is 3.50. The Balaban J connectivity index is 2.10. The zero-order valence-corrected chi connectivity index (χ0v) is 14.8. The number of nitrogens with one attached hydrogen (secondary N) is 1. The van der Waals surface area contributed by atoms with Crippen molar-refractivity contribution in [2.24, 2.45) is 0 Å². The molecule has 144 valence electrons. The van der Waals surface area contributed by atoms with Crippen molar-refractivity contribution in [3.8, 4) is 5.75 Å². The molecule has 2 aromatic carbocycles. The van der Waals surface area contributed by atoms with Gasteiger partial charge in [0.1, 0.15) is 5.75 Å². The number of alkyl halides is 3. The molecule has 2 amide bonds. The summed E-state index contributed by atoms with van der Waals surface area (Å²) >= 11 is 0. The topological polar surface area (TPSA) is 58.6 Å². The van der Waals surface area contributed by atoms with Crippen molar-refractivity contribution in [2.45, 2.75) is 13.1 Å². The lowest BCUT2D eigenvalue weighted by molar-refractivity contribution is -0.137. The second-order valence-corrected chi connectivity index (χ2v) is 5.67. The fraction of sp³-hybridized carbons (Fsp3) is 0.263. The lowest BCUT2D eigenvalue weighted by Crippen LogP contribution is -2.38. The molecule has 0 saturated heterocycles. The molecule has 2 aromatic rings. The molecule has 0 aliphatic carbocycles. The van der Waals surface area contributed by atoms with Gasteiger partial charge in [-0.1, -0.05) is 18.2 Å². The van der Waals surface area contributed by atoms with Crippen molar-refractivity contribution < 1.29 is 27.5 Å². The summed E-state index contributed by atoms with van der Waals surface area (Å²) in [5, 5.41) is 2.59. The van der Waals surface area contributed by atoms with Crippen LogP contribution in [0.2, 0.25) is 0 Å². The van der Waals surface area contributed by atoms with E-state index in [9.17, 15) is 22.8 Å². The summed E-state index contributed by atoms with van der Waals surface area (Å²) in [5.74, 6) is -0.462. The normalized spacial score (nSPS) is 11.0. The monoisotopic (exact) mass is 380 g/mol. The van der Waals surface area contributed by atoms with Gasteiger partial charge in [0.25, 0.3) is 5.91 Å². The van der Waals surface area contributed by atoms with E-state index < -0.39 is 23.6 Å². The molecule has 0 atom stereocenters. The first kappa shape index (κ1) is 20.3. The van der Waals surface area contributed by atoms with E-state index in [4.69, 9.17) is 4.74 Å². The number of hydrogen-bond acceptors (Lipinski definition) is 3. The smallest absolute Gasteiger partial charge is 0.418 e. The van der Waals surface area contributed by atoms with Crippen LogP contribution in [0.15, 0.2) is 48.5 Å². The van der Waals surface area contributed by atoms with Crippen molar-refractivity contribution in [1.29, 1.82) is 0 Å². The number of carbonyl (C=O) groups excluding carboxylic acids is 2. The molecule has 0 aliphatic rings. The molecule has 8 heteroatoms. The lowest BCUT2D eigenvalue weighted by atomic mass is 10.1. The van der Waals surface area contributed by atoms with Gasteiger partial charge in [0.05, 0.1) is 18.4 Å². The summed E-state index contributed by atoms with van der Waals surface area (Å²) in [6, 6.07) is 11.3. The van der Waals surface area contributed by atoms with E-state index in [2.05, 4.69) is 5.32 Å². The highest BCUT2D eigenvalue weighted by molar-refractivity contribution is 5.95. The van der Waals surface area contributed by atoms with Crippen molar-refractivity contribution in [2.75, 3.05) is 25.1 Å². The van der Waals surface area contributed by atoms with E-state index in [0.717, 1.165) is 11.0 Å². The number of ether oxygens (including phenoxy) is 1. The van der Waals surface area contributed by atoms with Crippen LogP contribution in [0.1, 0.15) is 22.8 Å². The second kappa shape index (κ2) is 8.57. The molecule has 5 nitrogen and oxygen atoms in total. The number of para-hydroxylation sites is 1. The molecule has 0 fully saturated rings. The first-order valence-corrected chi connectivity index (χ1v) is 8.10. The number of rotatable bonds is 6. The first-order valence-electron chi connectivity index (χ1n) is 8.10. The van der Waals surface area contributed by atoms with Crippen LogP contribution in [-0.4, -0.2) is 32.0 Å². The molecule has 27 heavy (non-hydrogen) atoms. The number of halogens is 3. The third-order valence-electron chi connectivity index (χ3n) is 3.83.